The fourth-order valence-electron chi connectivity index (χ4n) is 4.52. The molecule has 178 valence electrons. The van der Waals surface area contributed by atoms with Gasteiger partial charge in [0.25, 0.3) is 0 Å². The minimum atomic E-state index is 0.512. The fraction of sp³-hybridized carbons (Fsp3) is 0.185. The highest BCUT2D eigenvalue weighted by molar-refractivity contribution is 6.30. The summed E-state index contributed by atoms with van der Waals surface area (Å²) >= 11 is 11.9. The number of hydrogen-bond donors (Lipinski definition) is 1. The van der Waals surface area contributed by atoms with Gasteiger partial charge in [0.05, 0.1) is 28.4 Å². The zero-order valence-corrected chi connectivity index (χ0v) is 21.3. The average molecular weight is 505 g/mol. The summed E-state index contributed by atoms with van der Waals surface area (Å²) in [6.45, 7) is 1.66. The third-order valence-electron chi connectivity index (χ3n) is 6.30. The number of aromatic nitrogens is 2. The summed E-state index contributed by atoms with van der Waals surface area (Å²) in [6.07, 6.45) is 3.68. The molecule has 0 bridgehead atoms. The summed E-state index contributed by atoms with van der Waals surface area (Å²) in [5.41, 5.74) is 9.14. The molecule has 35 heavy (non-hydrogen) atoms. The van der Waals surface area contributed by atoms with Crippen molar-refractivity contribution >= 4 is 57.3 Å². The van der Waals surface area contributed by atoms with Crippen molar-refractivity contribution in [3.05, 3.63) is 94.5 Å². The van der Waals surface area contributed by atoms with E-state index in [9.17, 15) is 0 Å². The van der Waals surface area contributed by atoms with Gasteiger partial charge in [0.15, 0.2) is 0 Å². The molecule has 0 radical (unpaired) electrons. The van der Waals surface area contributed by atoms with E-state index >= 15 is 0 Å². The van der Waals surface area contributed by atoms with Crippen LogP contribution in [-0.4, -0.2) is 31.1 Å². The Labute approximate surface area is 215 Å². The Morgan fingerprint density at radius 3 is 2.00 bits per heavy atom. The molecular weight excluding hydrogens is 479 g/mol. The Morgan fingerprint density at radius 1 is 0.657 bits per heavy atom. The van der Waals surface area contributed by atoms with Crippen LogP contribution < -0.4 is 20.0 Å². The van der Waals surface area contributed by atoms with Crippen LogP contribution in [0.3, 0.4) is 0 Å². The molecule has 0 saturated carbocycles. The van der Waals surface area contributed by atoms with Crippen molar-refractivity contribution in [3.8, 4) is 0 Å². The molecule has 6 rings (SSSR count). The molecule has 0 aliphatic carbocycles. The van der Waals surface area contributed by atoms with Gasteiger partial charge in [-0.1, -0.05) is 47.5 Å². The molecule has 2 aliphatic rings. The first-order valence-electron chi connectivity index (χ1n) is 11.3. The normalized spacial score (nSPS) is 13.7. The molecular formula is C27H26Cl2N6. The van der Waals surface area contributed by atoms with E-state index in [0.717, 1.165) is 35.7 Å². The van der Waals surface area contributed by atoms with Crippen LogP contribution in [0.15, 0.2) is 73.1 Å². The second kappa shape index (κ2) is 9.64. The zero-order chi connectivity index (χ0) is 24.5. The standard InChI is InChI=1S/C14H14ClN3.C13H12ClN3/c1-17-9-10-8-16-14(15)7-13(10)18(2)12-6-4-3-5-11(12)17;1-17-8-9-7-15-13(14)6-11(9)16-10-4-2-3-5-12(10)17/h3-8H,9H2,1-2H3;2-7,16H,8H2,1H3. The van der Waals surface area contributed by atoms with Crippen LogP contribution >= 0.6 is 23.2 Å². The number of rotatable bonds is 0. The van der Waals surface area contributed by atoms with E-state index in [1.165, 1.54) is 22.6 Å². The summed E-state index contributed by atoms with van der Waals surface area (Å²) in [4.78, 5) is 14.9. The summed E-state index contributed by atoms with van der Waals surface area (Å²) in [7, 11) is 6.23. The third kappa shape index (κ3) is 4.72. The maximum atomic E-state index is 6.01. The van der Waals surface area contributed by atoms with E-state index in [1.54, 1.807) is 0 Å². The highest BCUT2D eigenvalue weighted by Crippen LogP contribution is 2.39. The molecule has 0 fully saturated rings. The van der Waals surface area contributed by atoms with E-state index in [-0.39, 0.29) is 0 Å². The third-order valence-corrected chi connectivity index (χ3v) is 6.71. The van der Waals surface area contributed by atoms with Gasteiger partial charge in [-0.05, 0) is 36.4 Å². The number of benzene rings is 2. The van der Waals surface area contributed by atoms with Crippen LogP contribution in [0.2, 0.25) is 10.3 Å². The topological polar surface area (TPSA) is 47.5 Å². The van der Waals surface area contributed by atoms with E-state index in [1.807, 2.05) is 36.7 Å². The van der Waals surface area contributed by atoms with Crippen molar-refractivity contribution in [2.75, 3.05) is 41.2 Å². The molecule has 2 aliphatic heterocycles. The summed E-state index contributed by atoms with van der Waals surface area (Å²) in [6, 6.07) is 20.4. The van der Waals surface area contributed by atoms with Crippen molar-refractivity contribution in [3.63, 3.8) is 0 Å². The fourth-order valence-corrected chi connectivity index (χ4v) is 4.83. The predicted molar refractivity (Wildman–Crippen MR) is 147 cm³/mol. The first-order valence-corrected chi connectivity index (χ1v) is 12.1. The summed E-state index contributed by atoms with van der Waals surface area (Å²) < 4.78 is 0. The Kier molecular flexibility index (Phi) is 6.41. The van der Waals surface area contributed by atoms with Crippen molar-refractivity contribution in [2.45, 2.75) is 13.1 Å². The van der Waals surface area contributed by atoms with E-state index in [4.69, 9.17) is 23.2 Å². The second-order valence-corrected chi connectivity index (χ2v) is 9.48. The molecule has 2 aromatic heterocycles. The number of nitrogens with zero attached hydrogens (tertiary/aromatic N) is 5. The largest absolute Gasteiger partial charge is 0.368 e. The zero-order valence-electron chi connectivity index (χ0n) is 19.8. The minimum absolute atomic E-state index is 0.512. The van der Waals surface area contributed by atoms with Gasteiger partial charge in [0.1, 0.15) is 10.3 Å². The van der Waals surface area contributed by atoms with Crippen molar-refractivity contribution in [1.29, 1.82) is 0 Å². The van der Waals surface area contributed by atoms with Gasteiger partial charge in [-0.15, -0.1) is 0 Å². The van der Waals surface area contributed by atoms with Crippen LogP contribution in [0.5, 0.6) is 0 Å². The van der Waals surface area contributed by atoms with Crippen LogP contribution in [0.25, 0.3) is 0 Å². The molecule has 0 spiro atoms. The lowest BCUT2D eigenvalue weighted by Gasteiger charge is -2.22. The van der Waals surface area contributed by atoms with Crippen LogP contribution in [-0.2, 0) is 13.1 Å². The van der Waals surface area contributed by atoms with Gasteiger partial charge in [0.2, 0.25) is 0 Å². The number of anilines is 6. The van der Waals surface area contributed by atoms with E-state index < -0.39 is 0 Å². The number of halogens is 2. The first-order chi connectivity index (χ1) is 16.9. The molecule has 0 unspecified atom stereocenters. The highest BCUT2D eigenvalue weighted by Gasteiger charge is 2.21. The lowest BCUT2D eigenvalue weighted by atomic mass is 10.2. The van der Waals surface area contributed by atoms with Crippen LogP contribution in [0.1, 0.15) is 11.1 Å². The molecule has 0 atom stereocenters. The van der Waals surface area contributed by atoms with Crippen molar-refractivity contribution in [1.82, 2.24) is 9.97 Å². The Morgan fingerprint density at radius 2 is 1.23 bits per heavy atom. The van der Waals surface area contributed by atoms with Crippen LogP contribution in [0, 0.1) is 0 Å². The number of pyridine rings is 2. The molecule has 0 amide bonds. The Balaban J connectivity index is 0.000000145. The number of hydrogen-bond acceptors (Lipinski definition) is 6. The van der Waals surface area contributed by atoms with Gasteiger partial charge < -0.3 is 20.0 Å². The quantitative estimate of drug-likeness (QED) is 0.263. The summed E-state index contributed by atoms with van der Waals surface area (Å²) in [5.74, 6) is 0. The van der Waals surface area contributed by atoms with Crippen LogP contribution in [0.4, 0.5) is 34.1 Å². The monoisotopic (exact) mass is 504 g/mol. The lowest BCUT2D eigenvalue weighted by Crippen LogP contribution is -2.15. The van der Waals surface area contributed by atoms with Crippen molar-refractivity contribution in [2.24, 2.45) is 0 Å². The molecule has 2 aromatic carbocycles. The average Bonchev–Trinajstić information content (AvgIpc) is 3.06. The van der Waals surface area contributed by atoms with Gasteiger partial charge >= 0.3 is 0 Å². The molecule has 4 aromatic rings. The first kappa shape index (κ1) is 23.3. The molecule has 0 saturated heterocycles. The minimum Gasteiger partial charge on any atom is -0.368 e. The molecule has 1 N–H and O–H groups in total. The SMILES string of the molecule is CN1Cc2cnc(Cl)cc2N(C)c2ccccc21.CN1Cc2cnc(Cl)cc2Nc2ccccc21. The second-order valence-electron chi connectivity index (χ2n) is 8.70. The van der Waals surface area contributed by atoms with Crippen molar-refractivity contribution < 1.29 is 0 Å². The van der Waals surface area contributed by atoms with E-state index in [0.29, 0.717) is 10.3 Å². The molecule has 4 heterocycles. The lowest BCUT2D eigenvalue weighted by molar-refractivity contribution is 0.927. The number of nitrogens with one attached hydrogen (secondary N) is 1. The van der Waals surface area contributed by atoms with Gasteiger partial charge in [-0.3, -0.25) is 0 Å². The van der Waals surface area contributed by atoms with Gasteiger partial charge in [0, 0.05) is 63.4 Å². The predicted octanol–water partition coefficient (Wildman–Crippen LogP) is 6.88. The summed E-state index contributed by atoms with van der Waals surface area (Å²) in [5, 5.41) is 4.45. The number of para-hydroxylation sites is 4. The molecule has 8 heteroatoms. The number of fused-ring (bicyclic) bond motifs is 4. The maximum absolute atomic E-state index is 6.01. The molecule has 6 nitrogen and oxygen atoms in total. The maximum Gasteiger partial charge on any atom is 0.131 e. The van der Waals surface area contributed by atoms with Gasteiger partial charge in [-0.25, -0.2) is 9.97 Å². The Bertz CT molecular complexity index is 1380. The smallest absolute Gasteiger partial charge is 0.131 e. The highest BCUT2D eigenvalue weighted by atomic mass is 35.5. The van der Waals surface area contributed by atoms with E-state index in [2.05, 4.69) is 87.5 Å². The van der Waals surface area contributed by atoms with Gasteiger partial charge in [-0.2, -0.15) is 0 Å². The Hall–Kier alpha value is -3.48.